The molecule has 2 aromatic rings. The van der Waals surface area contributed by atoms with Gasteiger partial charge in [-0.2, -0.15) is 0 Å². The maximum absolute atomic E-state index is 5.57. The van der Waals surface area contributed by atoms with Crippen LogP contribution in [0.1, 0.15) is 31.2 Å². The van der Waals surface area contributed by atoms with Gasteiger partial charge in [-0.3, -0.25) is 0 Å². The maximum atomic E-state index is 5.57. The lowest BCUT2D eigenvalue weighted by Gasteiger charge is -2.12. The Hall–Kier alpha value is -1.94. The first-order valence-corrected chi connectivity index (χ1v) is 6.36. The zero-order valence-corrected chi connectivity index (χ0v) is 11.6. The second-order valence-corrected chi connectivity index (χ2v) is 4.68. The van der Waals surface area contributed by atoms with Crippen molar-refractivity contribution in [1.29, 1.82) is 0 Å². The van der Waals surface area contributed by atoms with Gasteiger partial charge in [-0.25, -0.2) is 9.97 Å². The first-order chi connectivity index (χ1) is 9.15. The van der Waals surface area contributed by atoms with Gasteiger partial charge in [-0.1, -0.05) is 19.9 Å². The summed E-state index contributed by atoms with van der Waals surface area (Å²) in [7, 11) is 1.67. The van der Waals surface area contributed by atoms with Crippen LogP contribution in [0, 0.1) is 0 Å². The van der Waals surface area contributed by atoms with Gasteiger partial charge in [0.2, 0.25) is 0 Å². The number of methoxy groups -OCH3 is 1. The highest BCUT2D eigenvalue weighted by Crippen LogP contribution is 2.31. The van der Waals surface area contributed by atoms with Gasteiger partial charge in [0.1, 0.15) is 11.6 Å². The zero-order chi connectivity index (χ0) is 13.8. The number of nitrogens with two attached hydrogens (primary N) is 1. The van der Waals surface area contributed by atoms with Gasteiger partial charge in [0.25, 0.3) is 0 Å². The van der Waals surface area contributed by atoms with Crippen LogP contribution in [0.25, 0.3) is 11.3 Å². The Morgan fingerprint density at radius 3 is 2.68 bits per heavy atom. The molecule has 1 aromatic heterocycles. The minimum absolute atomic E-state index is 0.334. The van der Waals surface area contributed by atoms with Gasteiger partial charge < -0.3 is 10.5 Å². The summed E-state index contributed by atoms with van der Waals surface area (Å²) in [4.78, 5) is 8.54. The van der Waals surface area contributed by atoms with Crippen molar-refractivity contribution in [1.82, 2.24) is 9.97 Å². The van der Waals surface area contributed by atoms with E-state index in [4.69, 9.17) is 10.5 Å². The molecule has 19 heavy (non-hydrogen) atoms. The minimum atomic E-state index is 0.334. The van der Waals surface area contributed by atoms with Gasteiger partial charge >= 0.3 is 0 Å². The number of ether oxygens (including phenoxy) is 1. The molecule has 0 amide bonds. The Morgan fingerprint density at radius 2 is 2.05 bits per heavy atom. The second-order valence-electron chi connectivity index (χ2n) is 4.68. The minimum Gasteiger partial charge on any atom is -0.496 e. The molecule has 100 valence electrons. The third-order valence-electron chi connectivity index (χ3n) is 3.06. The van der Waals surface area contributed by atoms with E-state index in [1.165, 1.54) is 5.56 Å². The Morgan fingerprint density at radius 1 is 1.26 bits per heavy atom. The van der Waals surface area contributed by atoms with E-state index in [1.54, 1.807) is 13.3 Å². The number of hydrogen-bond donors (Lipinski definition) is 1. The molecule has 0 bridgehead atoms. The molecule has 0 fully saturated rings. The van der Waals surface area contributed by atoms with E-state index in [9.17, 15) is 0 Å². The molecule has 4 heteroatoms. The monoisotopic (exact) mass is 257 g/mol. The van der Waals surface area contributed by atoms with E-state index in [0.717, 1.165) is 17.0 Å². The highest BCUT2D eigenvalue weighted by molar-refractivity contribution is 5.67. The first-order valence-electron chi connectivity index (χ1n) is 6.36. The molecule has 2 rings (SSSR count). The maximum Gasteiger partial charge on any atom is 0.142 e. The average Bonchev–Trinajstić information content (AvgIpc) is 2.46. The number of benzene rings is 1. The summed E-state index contributed by atoms with van der Waals surface area (Å²) in [5, 5.41) is 0. The molecule has 1 aromatic carbocycles. The van der Waals surface area contributed by atoms with E-state index >= 15 is 0 Å². The fourth-order valence-corrected chi connectivity index (χ4v) is 1.93. The summed E-state index contributed by atoms with van der Waals surface area (Å²) in [6, 6.07) is 8.07. The van der Waals surface area contributed by atoms with Crippen LogP contribution in [-0.4, -0.2) is 17.1 Å². The summed E-state index contributed by atoms with van der Waals surface area (Å²) in [5.41, 5.74) is 8.62. The van der Waals surface area contributed by atoms with Crippen molar-refractivity contribution < 1.29 is 4.74 Å². The van der Waals surface area contributed by atoms with Crippen LogP contribution < -0.4 is 10.5 Å². The molecule has 0 spiro atoms. The quantitative estimate of drug-likeness (QED) is 0.914. The van der Waals surface area contributed by atoms with Crippen LogP contribution in [0.5, 0.6) is 5.75 Å². The Bertz CT molecular complexity index is 567. The lowest BCUT2D eigenvalue weighted by atomic mass is 9.99. The average molecular weight is 257 g/mol. The van der Waals surface area contributed by atoms with E-state index in [1.807, 2.05) is 12.1 Å². The van der Waals surface area contributed by atoms with Crippen molar-refractivity contribution in [2.24, 2.45) is 5.73 Å². The number of nitrogens with zero attached hydrogens (tertiary/aromatic N) is 2. The van der Waals surface area contributed by atoms with Gasteiger partial charge in [0.05, 0.1) is 19.3 Å². The molecule has 4 nitrogen and oxygen atoms in total. The first kappa shape index (κ1) is 13.5. The smallest absolute Gasteiger partial charge is 0.142 e. The number of aromatic nitrogens is 2. The van der Waals surface area contributed by atoms with E-state index in [2.05, 4.69) is 35.9 Å². The topological polar surface area (TPSA) is 61.0 Å². The van der Waals surface area contributed by atoms with Crippen molar-refractivity contribution in [2.75, 3.05) is 7.11 Å². The highest BCUT2D eigenvalue weighted by atomic mass is 16.5. The van der Waals surface area contributed by atoms with Crippen LogP contribution in [0.2, 0.25) is 0 Å². The van der Waals surface area contributed by atoms with Crippen molar-refractivity contribution in [3.8, 4) is 17.0 Å². The SMILES string of the molecule is COc1cc(C(C)C)ccc1-c1ccnc(CN)n1. The van der Waals surface area contributed by atoms with E-state index < -0.39 is 0 Å². The van der Waals surface area contributed by atoms with Crippen LogP contribution in [-0.2, 0) is 6.54 Å². The van der Waals surface area contributed by atoms with Crippen molar-refractivity contribution in [3.63, 3.8) is 0 Å². The largest absolute Gasteiger partial charge is 0.496 e. The fraction of sp³-hybridized carbons (Fsp3) is 0.333. The predicted molar refractivity (Wildman–Crippen MR) is 76.0 cm³/mol. The van der Waals surface area contributed by atoms with Crippen LogP contribution in [0.15, 0.2) is 30.5 Å². The van der Waals surface area contributed by atoms with Gasteiger partial charge in [-0.05, 0) is 29.7 Å². The summed E-state index contributed by atoms with van der Waals surface area (Å²) >= 11 is 0. The van der Waals surface area contributed by atoms with Crippen LogP contribution >= 0.6 is 0 Å². The Labute approximate surface area is 113 Å². The molecule has 0 radical (unpaired) electrons. The Balaban J connectivity index is 2.49. The molecule has 0 saturated heterocycles. The fourth-order valence-electron chi connectivity index (χ4n) is 1.93. The predicted octanol–water partition coefficient (Wildman–Crippen LogP) is 2.73. The second kappa shape index (κ2) is 5.80. The summed E-state index contributed by atoms with van der Waals surface area (Å²) in [5.74, 6) is 1.92. The van der Waals surface area contributed by atoms with Gasteiger partial charge in [-0.15, -0.1) is 0 Å². The molecule has 0 aliphatic rings. The van der Waals surface area contributed by atoms with Crippen molar-refractivity contribution in [3.05, 3.63) is 41.9 Å². The Kier molecular flexibility index (Phi) is 4.12. The summed E-state index contributed by atoms with van der Waals surface area (Å²) in [6.07, 6.45) is 1.72. The summed E-state index contributed by atoms with van der Waals surface area (Å²) < 4.78 is 5.47. The van der Waals surface area contributed by atoms with E-state index in [0.29, 0.717) is 18.3 Å². The normalized spacial score (nSPS) is 10.8. The molecule has 2 N–H and O–H groups in total. The molecule has 0 unspecified atom stereocenters. The van der Waals surface area contributed by atoms with Gasteiger partial charge in [0.15, 0.2) is 0 Å². The molecule has 0 aliphatic heterocycles. The standard InChI is InChI=1S/C15H19N3O/c1-10(2)11-4-5-12(14(8-11)19-3)13-6-7-17-15(9-16)18-13/h4-8,10H,9,16H2,1-3H3. The molecule has 0 saturated carbocycles. The summed E-state index contributed by atoms with van der Waals surface area (Å²) in [6.45, 7) is 4.65. The van der Waals surface area contributed by atoms with Crippen molar-refractivity contribution in [2.45, 2.75) is 26.3 Å². The number of rotatable bonds is 4. The third kappa shape index (κ3) is 2.90. The zero-order valence-electron chi connectivity index (χ0n) is 11.6. The number of hydrogen-bond acceptors (Lipinski definition) is 4. The molecular formula is C15H19N3O. The van der Waals surface area contributed by atoms with Gasteiger partial charge in [0, 0.05) is 11.8 Å². The van der Waals surface area contributed by atoms with E-state index in [-0.39, 0.29) is 0 Å². The van der Waals surface area contributed by atoms with Crippen molar-refractivity contribution >= 4 is 0 Å². The highest BCUT2D eigenvalue weighted by Gasteiger charge is 2.10. The molecular weight excluding hydrogens is 238 g/mol. The molecule has 0 aliphatic carbocycles. The molecule has 1 heterocycles. The lowest BCUT2D eigenvalue weighted by Crippen LogP contribution is -2.03. The van der Waals surface area contributed by atoms with Crippen LogP contribution in [0.4, 0.5) is 0 Å². The molecule has 0 atom stereocenters. The third-order valence-corrected chi connectivity index (χ3v) is 3.06. The lowest BCUT2D eigenvalue weighted by molar-refractivity contribution is 0.415. The van der Waals surface area contributed by atoms with Crippen LogP contribution in [0.3, 0.4) is 0 Å².